The maximum atomic E-state index is 10.5. The predicted octanol–water partition coefficient (Wildman–Crippen LogP) is 0.573. The number of unbranched alkanes of at least 4 members (excludes halogenated alkanes) is 3. The second-order valence-corrected chi connectivity index (χ2v) is 3.66. The molecule has 0 spiro atoms. The fourth-order valence-corrected chi connectivity index (χ4v) is 1.24. The summed E-state index contributed by atoms with van der Waals surface area (Å²) in [7, 11) is 0. The highest BCUT2D eigenvalue weighted by atomic mass is 16.6. The maximum Gasteiger partial charge on any atom is 0.139 e. The van der Waals surface area contributed by atoms with Crippen molar-refractivity contribution in [2.45, 2.75) is 44.6 Å². The summed E-state index contributed by atoms with van der Waals surface area (Å²) >= 11 is 0. The summed E-state index contributed by atoms with van der Waals surface area (Å²) in [6, 6.07) is -0.380. The van der Waals surface area contributed by atoms with Crippen LogP contribution in [0.3, 0.4) is 0 Å². The summed E-state index contributed by atoms with van der Waals surface area (Å²) in [6.07, 6.45) is 6.61. The molecule has 0 aromatic rings. The van der Waals surface area contributed by atoms with Crippen LogP contribution in [0, 0.1) is 0 Å². The number of carbonyl (C=O) groups excluding carboxylic acids is 2. The standard InChI is InChI=1S/C11H22N2O3/c12-7-3-1-2-4-9-16-13-11(10-15)6-5-8-14/h8,10-11,13H,1-7,9,12H2. The number of rotatable bonds is 12. The summed E-state index contributed by atoms with van der Waals surface area (Å²) in [6.45, 7) is 1.31. The number of nitrogens with one attached hydrogen (secondary N) is 1. The van der Waals surface area contributed by atoms with Crippen LogP contribution in [-0.2, 0) is 14.4 Å². The molecule has 0 aliphatic heterocycles. The number of hydrogen-bond donors (Lipinski definition) is 2. The zero-order chi connectivity index (χ0) is 12.1. The highest BCUT2D eigenvalue weighted by Gasteiger charge is 2.05. The molecule has 0 saturated heterocycles. The largest absolute Gasteiger partial charge is 0.330 e. The van der Waals surface area contributed by atoms with E-state index in [1.54, 1.807) is 0 Å². The van der Waals surface area contributed by atoms with Gasteiger partial charge in [0.15, 0.2) is 0 Å². The third-order valence-electron chi connectivity index (χ3n) is 2.20. The van der Waals surface area contributed by atoms with Gasteiger partial charge < -0.3 is 20.2 Å². The number of hydroxylamine groups is 1. The minimum Gasteiger partial charge on any atom is -0.330 e. The lowest BCUT2D eigenvalue weighted by atomic mass is 10.2. The van der Waals surface area contributed by atoms with Crippen LogP contribution in [0.5, 0.6) is 0 Å². The Bertz CT molecular complexity index is 177. The lowest BCUT2D eigenvalue weighted by Gasteiger charge is -2.10. The Labute approximate surface area is 96.7 Å². The molecule has 94 valence electrons. The molecule has 0 amide bonds. The number of hydrogen-bond acceptors (Lipinski definition) is 5. The highest BCUT2D eigenvalue weighted by Crippen LogP contribution is 1.98. The van der Waals surface area contributed by atoms with Gasteiger partial charge in [0.25, 0.3) is 0 Å². The van der Waals surface area contributed by atoms with E-state index >= 15 is 0 Å². The van der Waals surface area contributed by atoms with Crippen molar-refractivity contribution < 1.29 is 14.4 Å². The van der Waals surface area contributed by atoms with Gasteiger partial charge >= 0.3 is 0 Å². The molecule has 1 unspecified atom stereocenters. The molecule has 0 aromatic carbocycles. The van der Waals surface area contributed by atoms with E-state index in [4.69, 9.17) is 10.6 Å². The smallest absolute Gasteiger partial charge is 0.139 e. The van der Waals surface area contributed by atoms with E-state index in [1.165, 1.54) is 0 Å². The number of aldehydes is 2. The first-order valence-electron chi connectivity index (χ1n) is 5.81. The topological polar surface area (TPSA) is 81.4 Å². The van der Waals surface area contributed by atoms with Gasteiger partial charge in [-0.15, -0.1) is 0 Å². The van der Waals surface area contributed by atoms with E-state index in [9.17, 15) is 9.59 Å². The summed E-state index contributed by atoms with van der Waals surface area (Å²) < 4.78 is 0. The lowest BCUT2D eigenvalue weighted by molar-refractivity contribution is -0.114. The quantitative estimate of drug-likeness (QED) is 0.291. The minimum atomic E-state index is -0.380. The molecule has 0 heterocycles. The number of nitrogens with two attached hydrogens (primary N) is 1. The normalized spacial score (nSPS) is 12.3. The molecule has 16 heavy (non-hydrogen) atoms. The molecule has 1 atom stereocenters. The van der Waals surface area contributed by atoms with Crippen LogP contribution in [0.15, 0.2) is 0 Å². The van der Waals surface area contributed by atoms with Crippen molar-refractivity contribution in [2.24, 2.45) is 5.73 Å². The molecule has 5 nitrogen and oxygen atoms in total. The van der Waals surface area contributed by atoms with Crippen molar-refractivity contribution in [2.75, 3.05) is 13.2 Å². The molecular formula is C11H22N2O3. The van der Waals surface area contributed by atoms with Crippen molar-refractivity contribution in [1.82, 2.24) is 5.48 Å². The van der Waals surface area contributed by atoms with Gasteiger partial charge in [0.05, 0.1) is 12.6 Å². The van der Waals surface area contributed by atoms with Crippen LogP contribution in [0.4, 0.5) is 0 Å². The van der Waals surface area contributed by atoms with Crippen LogP contribution in [-0.4, -0.2) is 31.8 Å². The predicted molar refractivity (Wildman–Crippen MR) is 61.8 cm³/mol. The van der Waals surface area contributed by atoms with E-state index in [1.807, 2.05) is 0 Å². The second kappa shape index (κ2) is 12.3. The van der Waals surface area contributed by atoms with E-state index in [2.05, 4.69) is 5.48 Å². The van der Waals surface area contributed by atoms with Gasteiger partial charge in [-0.1, -0.05) is 12.8 Å². The summed E-state index contributed by atoms with van der Waals surface area (Å²) in [5.74, 6) is 0. The molecule has 0 bridgehead atoms. The van der Waals surface area contributed by atoms with Gasteiger partial charge in [-0.2, -0.15) is 5.48 Å². The first kappa shape index (κ1) is 15.2. The van der Waals surface area contributed by atoms with E-state index in [0.29, 0.717) is 19.4 Å². The van der Waals surface area contributed by atoms with Gasteiger partial charge in [-0.25, -0.2) is 0 Å². The Kier molecular flexibility index (Phi) is 11.7. The van der Waals surface area contributed by atoms with Crippen LogP contribution < -0.4 is 11.2 Å². The van der Waals surface area contributed by atoms with E-state index in [-0.39, 0.29) is 6.04 Å². The summed E-state index contributed by atoms with van der Waals surface area (Å²) in [5.41, 5.74) is 8.01. The van der Waals surface area contributed by atoms with Gasteiger partial charge in [-0.05, 0) is 25.8 Å². The molecule has 0 fully saturated rings. The Morgan fingerprint density at radius 2 is 1.94 bits per heavy atom. The molecule has 5 heteroatoms. The molecular weight excluding hydrogens is 208 g/mol. The van der Waals surface area contributed by atoms with Crippen molar-refractivity contribution >= 4 is 12.6 Å². The zero-order valence-electron chi connectivity index (χ0n) is 9.69. The first-order chi connectivity index (χ1) is 7.85. The Hall–Kier alpha value is -0.780. The Morgan fingerprint density at radius 1 is 1.19 bits per heavy atom. The molecule has 0 aliphatic rings. The third-order valence-corrected chi connectivity index (χ3v) is 2.20. The molecule has 0 rings (SSSR count). The average Bonchev–Trinajstić information content (AvgIpc) is 2.32. The fraction of sp³-hybridized carbons (Fsp3) is 0.818. The van der Waals surface area contributed by atoms with Crippen molar-refractivity contribution in [3.05, 3.63) is 0 Å². The van der Waals surface area contributed by atoms with Crippen molar-refractivity contribution in [3.8, 4) is 0 Å². The SMILES string of the molecule is NCCCCCCONC(C=O)CCC=O. The maximum absolute atomic E-state index is 10.5. The molecule has 0 radical (unpaired) electrons. The molecule has 0 saturated carbocycles. The fourth-order valence-electron chi connectivity index (χ4n) is 1.24. The summed E-state index contributed by atoms with van der Waals surface area (Å²) in [5, 5.41) is 0. The van der Waals surface area contributed by atoms with Crippen LogP contribution in [0.1, 0.15) is 38.5 Å². The van der Waals surface area contributed by atoms with Crippen molar-refractivity contribution in [1.29, 1.82) is 0 Å². The third kappa shape index (κ3) is 9.76. The highest BCUT2D eigenvalue weighted by molar-refractivity contribution is 5.59. The first-order valence-corrected chi connectivity index (χ1v) is 5.81. The molecule has 0 aromatic heterocycles. The van der Waals surface area contributed by atoms with E-state index in [0.717, 1.165) is 44.8 Å². The molecule has 0 aliphatic carbocycles. The van der Waals surface area contributed by atoms with Crippen LogP contribution >= 0.6 is 0 Å². The minimum absolute atomic E-state index is 0.371. The monoisotopic (exact) mass is 230 g/mol. The Morgan fingerprint density at radius 3 is 2.56 bits per heavy atom. The number of carbonyl (C=O) groups is 2. The van der Waals surface area contributed by atoms with Gasteiger partial charge in [-0.3, -0.25) is 0 Å². The van der Waals surface area contributed by atoms with Gasteiger partial charge in [0, 0.05) is 6.42 Å². The second-order valence-electron chi connectivity index (χ2n) is 3.66. The van der Waals surface area contributed by atoms with Crippen LogP contribution in [0.2, 0.25) is 0 Å². The Balaban J connectivity index is 3.27. The van der Waals surface area contributed by atoms with Crippen molar-refractivity contribution in [3.63, 3.8) is 0 Å². The summed E-state index contributed by atoms with van der Waals surface area (Å²) in [4.78, 5) is 25.8. The van der Waals surface area contributed by atoms with Gasteiger partial charge in [0.2, 0.25) is 0 Å². The molecule has 3 N–H and O–H groups in total. The van der Waals surface area contributed by atoms with Crippen LogP contribution in [0.25, 0.3) is 0 Å². The lowest BCUT2D eigenvalue weighted by Crippen LogP contribution is -2.31. The van der Waals surface area contributed by atoms with Gasteiger partial charge in [0.1, 0.15) is 12.6 Å². The zero-order valence-corrected chi connectivity index (χ0v) is 9.69. The average molecular weight is 230 g/mol. The van der Waals surface area contributed by atoms with E-state index < -0.39 is 0 Å².